The van der Waals surface area contributed by atoms with Gasteiger partial charge in [-0.25, -0.2) is 9.97 Å². The molecule has 0 spiro atoms. The Hall–Kier alpha value is -4.54. The van der Waals surface area contributed by atoms with E-state index in [9.17, 15) is 5.11 Å². The summed E-state index contributed by atoms with van der Waals surface area (Å²) in [6, 6.07) is 26.6. The maximum Gasteiger partial charge on any atom is 0.157 e. The number of hydrogen-bond donors (Lipinski definition) is 3. The van der Waals surface area contributed by atoms with Crippen LogP contribution in [0.5, 0.6) is 5.75 Å². The van der Waals surface area contributed by atoms with Gasteiger partial charge < -0.3 is 15.7 Å². The van der Waals surface area contributed by atoms with Gasteiger partial charge in [0, 0.05) is 30.3 Å². The van der Waals surface area contributed by atoms with Crippen molar-refractivity contribution in [1.82, 2.24) is 30.4 Å². The first kappa shape index (κ1) is 34.8. The Bertz CT molecular complexity index is 1890. The fourth-order valence-corrected chi connectivity index (χ4v) is 5.52. The van der Waals surface area contributed by atoms with Gasteiger partial charge in [0.2, 0.25) is 0 Å². The highest BCUT2D eigenvalue weighted by Crippen LogP contribution is 2.39. The van der Waals surface area contributed by atoms with Crippen molar-refractivity contribution < 1.29 is 5.11 Å². The van der Waals surface area contributed by atoms with E-state index in [1.165, 1.54) is 12.1 Å². The number of aromatic nitrogens is 6. The third-order valence-electron chi connectivity index (χ3n) is 6.89. The second kappa shape index (κ2) is 16.0. The normalized spacial score (nSPS) is 10.6. The number of nitrogens with zero attached hydrogens (tertiary/aromatic N) is 6. The summed E-state index contributed by atoms with van der Waals surface area (Å²) in [5.74, 6) is 2.27. The summed E-state index contributed by atoms with van der Waals surface area (Å²) in [5.41, 5.74) is 5.45. The van der Waals surface area contributed by atoms with E-state index in [1.807, 2.05) is 79.7 Å². The molecule has 6 aromatic rings. The molecule has 0 amide bonds. The predicted molar refractivity (Wildman–Crippen MR) is 194 cm³/mol. The fraction of sp³-hybridized carbons (Fsp3) is 0.143. The average molecular weight is 720 g/mol. The zero-order valence-corrected chi connectivity index (χ0v) is 29.2. The molecule has 0 atom stereocenters. The summed E-state index contributed by atoms with van der Waals surface area (Å²) in [7, 11) is 0. The lowest BCUT2D eigenvalue weighted by Gasteiger charge is -2.13. The number of aromatic hydroxyl groups is 1. The summed E-state index contributed by atoms with van der Waals surface area (Å²) >= 11 is 24.9. The molecule has 0 aliphatic heterocycles. The first-order chi connectivity index (χ1) is 23.1. The second-order valence-corrected chi connectivity index (χ2v) is 12.3. The Kier molecular flexibility index (Phi) is 11.6. The van der Waals surface area contributed by atoms with Crippen molar-refractivity contribution in [3.63, 3.8) is 0 Å². The van der Waals surface area contributed by atoms with Crippen LogP contribution in [0, 0.1) is 20.8 Å². The zero-order valence-electron chi connectivity index (χ0n) is 26.1. The Morgan fingerprint density at radius 2 is 1.00 bits per heavy atom. The maximum atomic E-state index is 9.80. The van der Waals surface area contributed by atoms with Crippen molar-refractivity contribution in [2.45, 2.75) is 33.9 Å². The summed E-state index contributed by atoms with van der Waals surface area (Å²) in [5, 5.41) is 34.3. The standard InChI is InChI=1S/C18H16Cl2N4.C17H14Cl2N4O/c1-11-8-14(16(20)15(19)9-11)17-18(22-12(2)23-24-17)21-10-13-6-4-3-5-7-13;1-10-21-17(20-9-11-5-3-2-4-6-11)16(23-22-10)13-7-12(24)8-14(18)15(13)19/h3-9H,10H2,1-2H3,(H,21,22,23);2-8,24H,9H2,1H3,(H,20,21,22). The molecule has 0 bridgehead atoms. The van der Waals surface area contributed by atoms with Crippen LogP contribution in [0.4, 0.5) is 11.6 Å². The molecule has 0 aliphatic rings. The largest absolute Gasteiger partial charge is 0.508 e. The molecule has 0 saturated heterocycles. The van der Waals surface area contributed by atoms with Gasteiger partial charge in [0.15, 0.2) is 11.6 Å². The molecule has 0 aliphatic carbocycles. The molecule has 2 heterocycles. The quantitative estimate of drug-likeness (QED) is 0.141. The van der Waals surface area contributed by atoms with Crippen LogP contribution in [0.2, 0.25) is 20.1 Å². The van der Waals surface area contributed by atoms with E-state index in [0.717, 1.165) is 22.3 Å². The van der Waals surface area contributed by atoms with Gasteiger partial charge in [0.25, 0.3) is 0 Å². The molecule has 0 saturated carbocycles. The Labute approximate surface area is 298 Å². The number of phenols is 1. The molecule has 6 rings (SSSR count). The van der Waals surface area contributed by atoms with Crippen LogP contribution in [0.1, 0.15) is 28.3 Å². The van der Waals surface area contributed by atoms with Gasteiger partial charge in [0.1, 0.15) is 28.8 Å². The van der Waals surface area contributed by atoms with E-state index >= 15 is 0 Å². The molecule has 2 aromatic heterocycles. The number of hydrogen-bond acceptors (Lipinski definition) is 9. The first-order valence-corrected chi connectivity index (χ1v) is 16.2. The molecule has 3 N–H and O–H groups in total. The Morgan fingerprint density at radius 1 is 0.562 bits per heavy atom. The van der Waals surface area contributed by atoms with Crippen molar-refractivity contribution >= 4 is 58.0 Å². The molecule has 48 heavy (non-hydrogen) atoms. The molecular weight excluding hydrogens is 690 g/mol. The highest BCUT2D eigenvalue weighted by Gasteiger charge is 2.18. The molecular formula is C35H30Cl4N8O. The van der Waals surface area contributed by atoms with Gasteiger partial charge in [-0.1, -0.05) is 107 Å². The lowest BCUT2D eigenvalue weighted by Crippen LogP contribution is -2.07. The molecule has 4 aromatic carbocycles. The molecule has 0 radical (unpaired) electrons. The van der Waals surface area contributed by atoms with Crippen LogP contribution in [0.3, 0.4) is 0 Å². The SMILES string of the molecule is Cc1cc(Cl)c(Cl)c(-c2nnc(C)nc2NCc2ccccc2)c1.Cc1nnc(-c2cc(O)cc(Cl)c2Cl)c(NCc2ccccc2)n1. The van der Waals surface area contributed by atoms with Crippen LogP contribution >= 0.6 is 46.4 Å². The van der Waals surface area contributed by atoms with E-state index < -0.39 is 0 Å². The zero-order chi connectivity index (χ0) is 34.2. The maximum absolute atomic E-state index is 9.80. The minimum absolute atomic E-state index is 0.00390. The van der Waals surface area contributed by atoms with Crippen LogP contribution in [0.15, 0.2) is 84.9 Å². The highest BCUT2D eigenvalue weighted by atomic mass is 35.5. The minimum atomic E-state index is -0.00390. The Morgan fingerprint density at radius 3 is 1.48 bits per heavy atom. The van der Waals surface area contributed by atoms with Crippen LogP contribution in [-0.4, -0.2) is 35.5 Å². The average Bonchev–Trinajstić information content (AvgIpc) is 3.08. The number of anilines is 2. The monoisotopic (exact) mass is 718 g/mol. The van der Waals surface area contributed by atoms with Gasteiger partial charge in [-0.3, -0.25) is 0 Å². The van der Waals surface area contributed by atoms with Gasteiger partial charge >= 0.3 is 0 Å². The second-order valence-electron chi connectivity index (χ2n) is 10.7. The molecule has 9 nitrogen and oxygen atoms in total. The number of nitrogens with one attached hydrogen (secondary N) is 2. The van der Waals surface area contributed by atoms with E-state index in [-0.39, 0.29) is 15.8 Å². The number of halogens is 4. The summed E-state index contributed by atoms with van der Waals surface area (Å²) in [4.78, 5) is 8.88. The molecule has 0 unspecified atom stereocenters. The lowest BCUT2D eigenvalue weighted by molar-refractivity contribution is 0.475. The number of rotatable bonds is 8. The smallest absolute Gasteiger partial charge is 0.157 e. The predicted octanol–water partition coefficient (Wildman–Crippen LogP) is 9.55. The molecule has 244 valence electrons. The van der Waals surface area contributed by atoms with Crippen molar-refractivity contribution in [3.05, 3.63) is 133 Å². The van der Waals surface area contributed by atoms with E-state index in [4.69, 9.17) is 46.4 Å². The van der Waals surface area contributed by atoms with Crippen LogP contribution in [-0.2, 0) is 13.1 Å². The van der Waals surface area contributed by atoms with Gasteiger partial charge in [-0.2, -0.15) is 0 Å². The molecule has 0 fully saturated rings. The van der Waals surface area contributed by atoms with Gasteiger partial charge in [0.05, 0.1) is 20.1 Å². The van der Waals surface area contributed by atoms with E-state index in [1.54, 1.807) is 13.8 Å². The first-order valence-electron chi connectivity index (χ1n) is 14.7. The minimum Gasteiger partial charge on any atom is -0.508 e. The van der Waals surface area contributed by atoms with Crippen molar-refractivity contribution in [1.29, 1.82) is 0 Å². The summed E-state index contributed by atoms with van der Waals surface area (Å²) in [6.07, 6.45) is 0. The number of benzene rings is 4. The van der Waals surface area contributed by atoms with Crippen molar-refractivity contribution in [2.24, 2.45) is 0 Å². The van der Waals surface area contributed by atoms with E-state index in [0.29, 0.717) is 63.4 Å². The fourth-order valence-electron chi connectivity index (χ4n) is 4.63. The van der Waals surface area contributed by atoms with Gasteiger partial charge in [-0.05, 0) is 55.7 Å². The Balaban J connectivity index is 0.000000188. The van der Waals surface area contributed by atoms with E-state index in [2.05, 4.69) is 41.0 Å². The molecule has 13 heteroatoms. The third-order valence-corrected chi connectivity index (χ3v) is 8.49. The van der Waals surface area contributed by atoms with Crippen molar-refractivity contribution in [3.8, 4) is 28.3 Å². The topological polar surface area (TPSA) is 122 Å². The number of phenolic OH excluding ortho intramolecular Hbond substituents is 1. The third kappa shape index (κ3) is 8.87. The van der Waals surface area contributed by atoms with Gasteiger partial charge in [-0.15, -0.1) is 20.4 Å². The number of aryl methyl sites for hydroxylation is 3. The van der Waals surface area contributed by atoms with Crippen LogP contribution in [0.25, 0.3) is 22.5 Å². The summed E-state index contributed by atoms with van der Waals surface area (Å²) in [6.45, 7) is 6.70. The lowest BCUT2D eigenvalue weighted by atomic mass is 10.1. The van der Waals surface area contributed by atoms with Crippen LogP contribution < -0.4 is 10.6 Å². The highest BCUT2D eigenvalue weighted by molar-refractivity contribution is 6.44. The summed E-state index contributed by atoms with van der Waals surface area (Å²) < 4.78 is 0. The van der Waals surface area contributed by atoms with Crippen molar-refractivity contribution in [2.75, 3.05) is 10.6 Å².